The molecule has 0 spiro atoms. The molecule has 0 radical (unpaired) electrons. The second-order valence-electron chi connectivity index (χ2n) is 19.2. The molecule has 0 rings (SSSR count). The third kappa shape index (κ3) is 52.5. The van der Waals surface area contributed by atoms with Crippen LogP contribution in [-0.2, 0) is 28.6 Å². The number of unbranched alkanes of at least 4 members (excludes halogenated alkanes) is 35. The smallest absolute Gasteiger partial charge is 0.306 e. The van der Waals surface area contributed by atoms with Crippen LogP contribution < -0.4 is 0 Å². The Morgan fingerprint density at radius 1 is 0.292 bits per heavy atom. The lowest BCUT2D eigenvalue weighted by atomic mass is 10.1. The fourth-order valence-electron chi connectivity index (χ4n) is 8.26. The van der Waals surface area contributed by atoms with Gasteiger partial charge in [-0.2, -0.15) is 0 Å². The van der Waals surface area contributed by atoms with Crippen LogP contribution in [0, 0.1) is 0 Å². The first-order valence-electron chi connectivity index (χ1n) is 28.5. The van der Waals surface area contributed by atoms with Crippen molar-refractivity contribution in [3.63, 3.8) is 0 Å². The van der Waals surface area contributed by atoms with Crippen molar-refractivity contribution in [2.75, 3.05) is 13.2 Å². The van der Waals surface area contributed by atoms with Gasteiger partial charge in [-0.15, -0.1) is 0 Å². The highest BCUT2D eigenvalue weighted by atomic mass is 16.6. The van der Waals surface area contributed by atoms with Crippen LogP contribution in [0.25, 0.3) is 0 Å². The van der Waals surface area contributed by atoms with Gasteiger partial charge in [-0.05, 0) is 89.9 Å². The second kappa shape index (κ2) is 54.2. The molecular formula is C59H108O6. The van der Waals surface area contributed by atoms with Gasteiger partial charge in [0.05, 0.1) is 0 Å². The highest BCUT2D eigenvalue weighted by molar-refractivity contribution is 5.71. The summed E-state index contributed by atoms with van der Waals surface area (Å²) in [6.07, 6.45) is 64.3. The van der Waals surface area contributed by atoms with E-state index >= 15 is 0 Å². The first-order chi connectivity index (χ1) is 32.0. The van der Waals surface area contributed by atoms with Crippen molar-refractivity contribution >= 4 is 17.9 Å². The molecule has 0 amide bonds. The number of carbonyl (C=O) groups excluding carboxylic acids is 3. The maximum Gasteiger partial charge on any atom is 0.306 e. The molecule has 0 aromatic carbocycles. The SMILES string of the molecule is CCC/C=C\CCCCCCCC(=O)OCC(COC(=O)CCCCCCCCCCC/C=C\CCCCCCCCCC)OC(=O)CCCCCCC/C=C\CCCCCCCCC. The van der Waals surface area contributed by atoms with Crippen LogP contribution in [-0.4, -0.2) is 37.2 Å². The summed E-state index contributed by atoms with van der Waals surface area (Å²) in [4.78, 5) is 38.0. The number of hydrogen-bond acceptors (Lipinski definition) is 6. The lowest BCUT2D eigenvalue weighted by Gasteiger charge is -2.18. The molecule has 0 aromatic rings. The van der Waals surface area contributed by atoms with Crippen LogP contribution in [0.3, 0.4) is 0 Å². The van der Waals surface area contributed by atoms with Gasteiger partial charge >= 0.3 is 17.9 Å². The molecule has 65 heavy (non-hydrogen) atoms. The normalized spacial score (nSPS) is 12.2. The van der Waals surface area contributed by atoms with Crippen LogP contribution in [0.15, 0.2) is 36.5 Å². The van der Waals surface area contributed by atoms with E-state index in [0.29, 0.717) is 19.3 Å². The maximum atomic E-state index is 12.8. The average Bonchev–Trinajstić information content (AvgIpc) is 3.30. The number of carbonyl (C=O) groups is 3. The third-order valence-electron chi connectivity index (χ3n) is 12.6. The number of allylic oxidation sites excluding steroid dienone is 6. The average molecular weight is 914 g/mol. The van der Waals surface area contributed by atoms with Gasteiger partial charge in [0.1, 0.15) is 13.2 Å². The van der Waals surface area contributed by atoms with Crippen molar-refractivity contribution in [3.05, 3.63) is 36.5 Å². The van der Waals surface area contributed by atoms with E-state index in [4.69, 9.17) is 14.2 Å². The van der Waals surface area contributed by atoms with E-state index in [-0.39, 0.29) is 31.1 Å². The van der Waals surface area contributed by atoms with Crippen molar-refractivity contribution < 1.29 is 28.6 Å². The summed E-state index contributed by atoms with van der Waals surface area (Å²) in [5.41, 5.74) is 0. The molecule has 6 heteroatoms. The van der Waals surface area contributed by atoms with E-state index < -0.39 is 6.10 Å². The Labute approximate surface area is 404 Å². The minimum atomic E-state index is -0.778. The molecule has 0 fully saturated rings. The molecule has 0 bridgehead atoms. The standard InChI is InChI=1S/C59H108O6/c1-4-7-10-13-16-19-22-24-26-28-29-30-31-32-34-35-37-40-43-46-49-52-58(61)64-55-56(54-63-57(60)51-48-45-42-39-21-18-15-12-9-6-3)65-59(62)53-50-47-44-41-38-36-33-27-25-23-20-17-14-11-8-5-2/h12,15,27-29,33,56H,4-11,13-14,16-26,30-32,34-55H2,1-3H3/b15-12-,29-28-,33-27-. The molecule has 0 aliphatic carbocycles. The maximum absolute atomic E-state index is 12.8. The molecule has 0 aliphatic rings. The lowest BCUT2D eigenvalue weighted by Crippen LogP contribution is -2.30. The third-order valence-corrected chi connectivity index (χ3v) is 12.6. The van der Waals surface area contributed by atoms with E-state index in [1.54, 1.807) is 0 Å². The molecule has 0 N–H and O–H groups in total. The van der Waals surface area contributed by atoms with Gasteiger partial charge in [0.25, 0.3) is 0 Å². The Morgan fingerprint density at radius 2 is 0.538 bits per heavy atom. The van der Waals surface area contributed by atoms with E-state index in [1.165, 1.54) is 186 Å². The Hall–Kier alpha value is -2.37. The predicted octanol–water partition coefficient (Wildman–Crippen LogP) is 18.9. The minimum Gasteiger partial charge on any atom is -0.462 e. The Kier molecular flexibility index (Phi) is 52.3. The summed E-state index contributed by atoms with van der Waals surface area (Å²) in [5.74, 6) is -0.886. The molecule has 1 atom stereocenters. The van der Waals surface area contributed by atoms with E-state index in [0.717, 1.165) is 77.0 Å². The van der Waals surface area contributed by atoms with Crippen molar-refractivity contribution in [2.24, 2.45) is 0 Å². The van der Waals surface area contributed by atoms with Crippen LogP contribution >= 0.6 is 0 Å². The van der Waals surface area contributed by atoms with Gasteiger partial charge in [0, 0.05) is 19.3 Å². The van der Waals surface area contributed by atoms with Crippen LogP contribution in [0.5, 0.6) is 0 Å². The highest BCUT2D eigenvalue weighted by Crippen LogP contribution is 2.16. The molecule has 0 heterocycles. The first-order valence-corrected chi connectivity index (χ1v) is 28.5. The lowest BCUT2D eigenvalue weighted by molar-refractivity contribution is -0.167. The van der Waals surface area contributed by atoms with Gasteiger partial charge < -0.3 is 14.2 Å². The van der Waals surface area contributed by atoms with Crippen LogP contribution in [0.2, 0.25) is 0 Å². The molecule has 0 aliphatic heterocycles. The molecule has 1 unspecified atom stereocenters. The first kappa shape index (κ1) is 62.6. The van der Waals surface area contributed by atoms with E-state index in [2.05, 4.69) is 57.2 Å². The van der Waals surface area contributed by atoms with Crippen molar-refractivity contribution in [1.82, 2.24) is 0 Å². The topological polar surface area (TPSA) is 78.9 Å². The number of ether oxygens (including phenoxy) is 3. The van der Waals surface area contributed by atoms with Gasteiger partial charge in [0.15, 0.2) is 6.10 Å². The van der Waals surface area contributed by atoms with Crippen molar-refractivity contribution in [2.45, 2.75) is 309 Å². The summed E-state index contributed by atoms with van der Waals surface area (Å²) < 4.78 is 16.8. The Balaban J connectivity index is 4.27. The molecule has 0 saturated heterocycles. The largest absolute Gasteiger partial charge is 0.462 e. The molecular weight excluding hydrogens is 805 g/mol. The predicted molar refractivity (Wildman–Crippen MR) is 279 cm³/mol. The fraction of sp³-hybridized carbons (Fsp3) is 0.847. The summed E-state index contributed by atoms with van der Waals surface area (Å²) in [6.45, 7) is 6.59. The Bertz CT molecular complexity index is 1090. The number of esters is 3. The summed E-state index contributed by atoms with van der Waals surface area (Å²) in [6, 6.07) is 0. The fourth-order valence-corrected chi connectivity index (χ4v) is 8.26. The van der Waals surface area contributed by atoms with Crippen LogP contribution in [0.4, 0.5) is 0 Å². The van der Waals surface area contributed by atoms with Crippen molar-refractivity contribution in [1.29, 1.82) is 0 Å². The number of hydrogen-bond donors (Lipinski definition) is 0. The van der Waals surface area contributed by atoms with Gasteiger partial charge in [0.2, 0.25) is 0 Å². The van der Waals surface area contributed by atoms with Gasteiger partial charge in [-0.25, -0.2) is 0 Å². The Morgan fingerprint density at radius 3 is 0.831 bits per heavy atom. The number of rotatable bonds is 52. The zero-order chi connectivity index (χ0) is 47.2. The van der Waals surface area contributed by atoms with Crippen LogP contribution in [0.1, 0.15) is 303 Å². The van der Waals surface area contributed by atoms with E-state index in [1.807, 2.05) is 0 Å². The summed E-state index contributed by atoms with van der Waals surface area (Å²) in [7, 11) is 0. The summed E-state index contributed by atoms with van der Waals surface area (Å²) in [5, 5.41) is 0. The zero-order valence-electron chi connectivity index (χ0n) is 43.5. The zero-order valence-corrected chi connectivity index (χ0v) is 43.5. The van der Waals surface area contributed by atoms with Crippen molar-refractivity contribution in [3.8, 4) is 0 Å². The van der Waals surface area contributed by atoms with Gasteiger partial charge in [-0.1, -0.05) is 231 Å². The highest BCUT2D eigenvalue weighted by Gasteiger charge is 2.19. The van der Waals surface area contributed by atoms with Gasteiger partial charge in [-0.3, -0.25) is 14.4 Å². The molecule has 6 nitrogen and oxygen atoms in total. The quantitative estimate of drug-likeness (QED) is 0.0262. The second-order valence-corrected chi connectivity index (χ2v) is 19.2. The molecule has 0 saturated carbocycles. The molecule has 380 valence electrons. The monoisotopic (exact) mass is 913 g/mol. The van der Waals surface area contributed by atoms with E-state index in [9.17, 15) is 14.4 Å². The molecule has 0 aromatic heterocycles. The summed E-state index contributed by atoms with van der Waals surface area (Å²) >= 11 is 0. The minimum absolute atomic E-state index is 0.0773.